The molecule has 4 aromatic rings. The molecule has 2 aromatic carbocycles. The summed E-state index contributed by atoms with van der Waals surface area (Å²) in [7, 11) is 0. The molecule has 0 saturated carbocycles. The lowest BCUT2D eigenvalue weighted by Gasteiger charge is -2.14. The van der Waals surface area contributed by atoms with Crippen molar-refractivity contribution < 1.29 is 0 Å². The van der Waals surface area contributed by atoms with Crippen LogP contribution in [-0.4, -0.2) is 9.97 Å². The van der Waals surface area contributed by atoms with Gasteiger partial charge in [0.25, 0.3) is 0 Å². The first kappa shape index (κ1) is 14.2. The minimum absolute atomic E-state index is 0.164. The van der Waals surface area contributed by atoms with Crippen LogP contribution in [0.2, 0.25) is 0 Å². The number of aryl methyl sites for hydroxylation is 1. The molecule has 0 aliphatic carbocycles. The van der Waals surface area contributed by atoms with Crippen LogP contribution in [-0.2, 0) is 0 Å². The second kappa shape index (κ2) is 5.63. The molecule has 1 N–H and O–H groups in total. The van der Waals surface area contributed by atoms with Crippen LogP contribution in [0.3, 0.4) is 0 Å². The fraction of sp³-hybridized carbons (Fsp3) is 0.158. The van der Waals surface area contributed by atoms with Crippen molar-refractivity contribution in [3.05, 3.63) is 65.2 Å². The SMILES string of the molecule is Cc1cc2c(ccc3cnc(N[C@@H](C)c4ccccc4)nc32)s1. The highest BCUT2D eigenvalue weighted by Gasteiger charge is 2.10. The Bertz CT molecular complexity index is 976. The number of anilines is 1. The summed E-state index contributed by atoms with van der Waals surface area (Å²) in [6.45, 7) is 4.26. The maximum Gasteiger partial charge on any atom is 0.223 e. The number of thiophene rings is 1. The fourth-order valence-electron chi connectivity index (χ4n) is 2.82. The largest absolute Gasteiger partial charge is 0.348 e. The lowest BCUT2D eigenvalue weighted by Crippen LogP contribution is -2.09. The third-order valence-electron chi connectivity index (χ3n) is 4.02. The van der Waals surface area contributed by atoms with E-state index in [2.05, 4.69) is 54.5 Å². The number of fused-ring (bicyclic) bond motifs is 3. The van der Waals surface area contributed by atoms with Gasteiger partial charge in [-0.1, -0.05) is 30.3 Å². The fourth-order valence-corrected chi connectivity index (χ4v) is 3.75. The molecule has 0 fully saturated rings. The minimum atomic E-state index is 0.164. The number of rotatable bonds is 3. The van der Waals surface area contributed by atoms with Crippen LogP contribution < -0.4 is 5.32 Å². The van der Waals surface area contributed by atoms with Crippen molar-refractivity contribution >= 4 is 38.3 Å². The van der Waals surface area contributed by atoms with Crippen molar-refractivity contribution in [3.63, 3.8) is 0 Å². The summed E-state index contributed by atoms with van der Waals surface area (Å²) in [4.78, 5) is 10.5. The third kappa shape index (κ3) is 2.66. The Labute approximate surface area is 139 Å². The van der Waals surface area contributed by atoms with Crippen molar-refractivity contribution in [1.29, 1.82) is 0 Å². The van der Waals surface area contributed by atoms with Gasteiger partial charge < -0.3 is 5.32 Å². The lowest BCUT2D eigenvalue weighted by molar-refractivity contribution is 0.864. The van der Waals surface area contributed by atoms with Crippen LogP contribution in [0.4, 0.5) is 5.95 Å². The summed E-state index contributed by atoms with van der Waals surface area (Å²) in [5.74, 6) is 0.671. The molecule has 23 heavy (non-hydrogen) atoms. The first-order chi connectivity index (χ1) is 11.2. The van der Waals surface area contributed by atoms with E-state index in [1.54, 1.807) is 11.3 Å². The highest BCUT2D eigenvalue weighted by Crippen LogP contribution is 2.31. The first-order valence-electron chi connectivity index (χ1n) is 7.68. The molecule has 0 amide bonds. The van der Waals surface area contributed by atoms with Gasteiger partial charge in [0.15, 0.2) is 0 Å². The molecule has 2 aromatic heterocycles. The average Bonchev–Trinajstić information content (AvgIpc) is 2.96. The molecular weight excluding hydrogens is 302 g/mol. The van der Waals surface area contributed by atoms with Gasteiger partial charge in [0.2, 0.25) is 5.95 Å². The van der Waals surface area contributed by atoms with Crippen molar-refractivity contribution in [1.82, 2.24) is 9.97 Å². The lowest BCUT2D eigenvalue weighted by atomic mass is 10.1. The van der Waals surface area contributed by atoms with Gasteiger partial charge in [0.05, 0.1) is 11.6 Å². The van der Waals surface area contributed by atoms with E-state index in [4.69, 9.17) is 4.98 Å². The quantitative estimate of drug-likeness (QED) is 0.555. The van der Waals surface area contributed by atoms with Crippen molar-refractivity contribution in [3.8, 4) is 0 Å². The van der Waals surface area contributed by atoms with Crippen molar-refractivity contribution in [2.75, 3.05) is 5.32 Å². The molecule has 2 heterocycles. The van der Waals surface area contributed by atoms with Gasteiger partial charge >= 0.3 is 0 Å². The second-order valence-corrected chi connectivity index (χ2v) is 7.03. The van der Waals surface area contributed by atoms with Gasteiger partial charge in [0, 0.05) is 26.5 Å². The Morgan fingerprint density at radius 2 is 1.91 bits per heavy atom. The Kier molecular flexibility index (Phi) is 3.46. The van der Waals surface area contributed by atoms with Crippen LogP contribution >= 0.6 is 11.3 Å². The van der Waals surface area contributed by atoms with Gasteiger partial charge in [0.1, 0.15) is 0 Å². The van der Waals surface area contributed by atoms with Crippen LogP contribution in [0.1, 0.15) is 23.4 Å². The number of hydrogen-bond donors (Lipinski definition) is 1. The Hall–Kier alpha value is -2.46. The van der Waals surface area contributed by atoms with E-state index < -0.39 is 0 Å². The highest BCUT2D eigenvalue weighted by atomic mass is 32.1. The first-order valence-corrected chi connectivity index (χ1v) is 8.50. The molecule has 0 aliphatic rings. The van der Waals surface area contributed by atoms with Gasteiger partial charge in [-0.05, 0) is 37.6 Å². The molecular formula is C19H17N3S. The molecule has 3 nitrogen and oxygen atoms in total. The average molecular weight is 319 g/mol. The van der Waals surface area contributed by atoms with Crippen LogP contribution in [0.15, 0.2) is 54.7 Å². The number of hydrogen-bond acceptors (Lipinski definition) is 4. The zero-order valence-electron chi connectivity index (χ0n) is 13.1. The second-order valence-electron chi connectivity index (χ2n) is 5.74. The van der Waals surface area contributed by atoms with E-state index in [9.17, 15) is 0 Å². The number of nitrogens with one attached hydrogen (secondary N) is 1. The Balaban J connectivity index is 1.74. The molecule has 0 bridgehead atoms. The molecule has 1 atom stereocenters. The predicted molar refractivity (Wildman–Crippen MR) is 98.1 cm³/mol. The van der Waals surface area contributed by atoms with Crippen molar-refractivity contribution in [2.45, 2.75) is 19.9 Å². The third-order valence-corrected chi connectivity index (χ3v) is 5.03. The van der Waals surface area contributed by atoms with E-state index in [0.29, 0.717) is 5.95 Å². The van der Waals surface area contributed by atoms with Gasteiger partial charge in [-0.3, -0.25) is 0 Å². The van der Waals surface area contributed by atoms with E-state index in [-0.39, 0.29) is 6.04 Å². The van der Waals surface area contributed by atoms with Crippen LogP contribution in [0.5, 0.6) is 0 Å². The number of nitrogens with zero attached hydrogens (tertiary/aromatic N) is 2. The summed E-state index contributed by atoms with van der Waals surface area (Å²) in [5.41, 5.74) is 2.24. The zero-order chi connectivity index (χ0) is 15.8. The highest BCUT2D eigenvalue weighted by molar-refractivity contribution is 7.19. The van der Waals surface area contributed by atoms with Crippen LogP contribution in [0, 0.1) is 6.92 Å². The molecule has 0 aliphatic heterocycles. The van der Waals surface area contributed by atoms with E-state index in [1.165, 1.54) is 20.5 Å². The van der Waals surface area contributed by atoms with E-state index >= 15 is 0 Å². The molecule has 0 spiro atoms. The minimum Gasteiger partial charge on any atom is -0.348 e. The standard InChI is InChI=1S/C19H17N3S/c1-12-10-16-17(23-12)9-8-15-11-20-19(22-18(15)16)21-13(2)14-6-4-3-5-7-14/h3-11,13H,1-2H3,(H,20,21,22)/t13-/m0/s1. The summed E-state index contributed by atoms with van der Waals surface area (Å²) >= 11 is 1.80. The molecule has 114 valence electrons. The smallest absolute Gasteiger partial charge is 0.223 e. The van der Waals surface area contributed by atoms with Gasteiger partial charge in [-0.2, -0.15) is 0 Å². The molecule has 4 rings (SSSR count). The molecule has 4 heteroatoms. The summed E-state index contributed by atoms with van der Waals surface area (Å²) < 4.78 is 1.27. The Morgan fingerprint density at radius 3 is 2.74 bits per heavy atom. The topological polar surface area (TPSA) is 37.8 Å². The molecule has 0 saturated heterocycles. The van der Waals surface area contributed by atoms with E-state index in [1.807, 2.05) is 24.4 Å². The summed E-state index contributed by atoms with van der Waals surface area (Å²) in [6, 6.07) is 17.0. The van der Waals surface area contributed by atoms with Crippen LogP contribution in [0.25, 0.3) is 21.0 Å². The van der Waals surface area contributed by atoms with Gasteiger partial charge in [-0.25, -0.2) is 9.97 Å². The number of aromatic nitrogens is 2. The normalized spacial score (nSPS) is 12.6. The predicted octanol–water partition coefficient (Wildman–Crippen LogP) is 5.33. The summed E-state index contributed by atoms with van der Waals surface area (Å²) in [5, 5.41) is 5.69. The zero-order valence-corrected chi connectivity index (χ0v) is 13.9. The Morgan fingerprint density at radius 1 is 1.09 bits per heavy atom. The maximum absolute atomic E-state index is 4.77. The van der Waals surface area contributed by atoms with E-state index in [0.717, 1.165) is 10.9 Å². The molecule has 0 radical (unpaired) electrons. The monoisotopic (exact) mass is 319 g/mol. The molecule has 0 unspecified atom stereocenters. The van der Waals surface area contributed by atoms with Gasteiger partial charge in [-0.15, -0.1) is 11.3 Å². The summed E-state index contributed by atoms with van der Waals surface area (Å²) in [6.07, 6.45) is 1.90. The maximum atomic E-state index is 4.77. The number of benzene rings is 2. The van der Waals surface area contributed by atoms with Crippen molar-refractivity contribution in [2.24, 2.45) is 0 Å².